The summed E-state index contributed by atoms with van der Waals surface area (Å²) in [5.41, 5.74) is 7.70. The van der Waals surface area contributed by atoms with Gasteiger partial charge in [-0.3, -0.25) is 58.3 Å². The van der Waals surface area contributed by atoms with Crippen molar-refractivity contribution in [1.29, 1.82) is 0 Å². The zero-order chi connectivity index (χ0) is 49.0. The van der Waals surface area contributed by atoms with Crippen LogP contribution in [0.15, 0.2) is 59.5 Å². The number of carbonyl (C=O) groups excluding carboxylic acids is 3. The third-order valence-corrected chi connectivity index (χ3v) is 13.6. The van der Waals surface area contributed by atoms with E-state index in [1.807, 2.05) is 6.07 Å². The molecule has 2 aromatic carbocycles. The lowest BCUT2D eigenvalue weighted by molar-refractivity contribution is -0.146. The molecule has 1 fully saturated rings. The quantitative estimate of drug-likeness (QED) is 0.0289. The van der Waals surface area contributed by atoms with Crippen molar-refractivity contribution in [2.45, 2.75) is 79.5 Å². The third kappa shape index (κ3) is 16.7. The fourth-order valence-corrected chi connectivity index (χ4v) is 9.56. The second-order valence-electron chi connectivity index (χ2n) is 15.8. The number of piperidine rings is 1. The Morgan fingerprint density at radius 1 is 0.682 bits per heavy atom. The maximum Gasteiger partial charge on any atom is 0.320 e. The molecule has 2 amide bonds. The SMILES string of the molecule is N[C@@H](CCCCCC(=O)CC[C@@H](C(=O)O)N(CCN(CC(=O)O)CC(=O)O)CCN(CC(=O)O)CC(=O)O)C(=O)N1CCC(C(=O)NO)(S(=O)(=O)c2ccc(Oc3ccccc3)cc2)CC1. The first-order chi connectivity index (χ1) is 31.2. The smallest absolute Gasteiger partial charge is 0.320 e. The second-order valence-corrected chi connectivity index (χ2v) is 18.1. The summed E-state index contributed by atoms with van der Waals surface area (Å²) in [5, 5.41) is 56.6. The van der Waals surface area contributed by atoms with Gasteiger partial charge in [0.2, 0.25) is 5.91 Å². The number of sulfone groups is 1. The van der Waals surface area contributed by atoms with Gasteiger partial charge in [-0.15, -0.1) is 0 Å². The van der Waals surface area contributed by atoms with E-state index in [4.69, 9.17) is 10.5 Å². The number of carbonyl (C=O) groups is 8. The molecule has 0 spiro atoms. The van der Waals surface area contributed by atoms with Gasteiger partial charge in [0.1, 0.15) is 23.3 Å². The van der Waals surface area contributed by atoms with Crippen LogP contribution in [-0.4, -0.2) is 188 Å². The largest absolute Gasteiger partial charge is 0.480 e. The monoisotopic (exact) mass is 950 g/mol. The summed E-state index contributed by atoms with van der Waals surface area (Å²) in [6.07, 6.45) is 0.406. The number of carboxylic acids is 5. The summed E-state index contributed by atoms with van der Waals surface area (Å²) >= 11 is 0. The maximum absolute atomic E-state index is 13.9. The average molecular weight is 951 g/mol. The Morgan fingerprint density at radius 3 is 1.65 bits per heavy atom. The summed E-state index contributed by atoms with van der Waals surface area (Å²) in [6.45, 7) is -3.92. The fourth-order valence-electron chi connectivity index (χ4n) is 7.61. The minimum atomic E-state index is -4.40. The maximum atomic E-state index is 13.9. The van der Waals surface area contributed by atoms with Gasteiger partial charge in [-0.05, 0) is 68.5 Å². The van der Waals surface area contributed by atoms with Crippen molar-refractivity contribution in [2.75, 3.05) is 65.4 Å². The van der Waals surface area contributed by atoms with Gasteiger partial charge in [0, 0.05) is 52.1 Å². The van der Waals surface area contributed by atoms with Gasteiger partial charge in [0.25, 0.3) is 5.91 Å². The minimum absolute atomic E-state index is 0.0455. The lowest BCUT2D eigenvalue weighted by atomic mass is 9.94. The summed E-state index contributed by atoms with van der Waals surface area (Å²) < 4.78 is 31.5. The van der Waals surface area contributed by atoms with Gasteiger partial charge in [-0.1, -0.05) is 31.0 Å². The van der Waals surface area contributed by atoms with Gasteiger partial charge in [0.05, 0.1) is 37.1 Å². The van der Waals surface area contributed by atoms with E-state index < -0.39 is 94.5 Å². The number of nitrogens with one attached hydrogen (secondary N) is 1. The van der Waals surface area contributed by atoms with Crippen LogP contribution in [-0.2, 0) is 48.2 Å². The highest BCUT2D eigenvalue weighted by Crippen LogP contribution is 2.37. The van der Waals surface area contributed by atoms with Crippen molar-refractivity contribution < 1.29 is 82.3 Å². The molecule has 23 nitrogen and oxygen atoms in total. The number of benzene rings is 2. The van der Waals surface area contributed by atoms with E-state index in [-0.39, 0.29) is 88.5 Å². The number of amides is 2. The number of carboxylic acid groups (broad SMARTS) is 5. The predicted octanol–water partition coefficient (Wildman–Crippen LogP) is 0.444. The lowest BCUT2D eigenvalue weighted by Crippen LogP contribution is -2.59. The normalized spacial score (nSPS) is 14.7. The summed E-state index contributed by atoms with van der Waals surface area (Å²) in [5.74, 6) is -7.75. The molecule has 66 heavy (non-hydrogen) atoms. The number of rotatable bonds is 31. The van der Waals surface area contributed by atoms with Crippen LogP contribution >= 0.6 is 0 Å². The first-order valence-electron chi connectivity index (χ1n) is 21.1. The summed E-state index contributed by atoms with van der Waals surface area (Å²) in [6, 6.07) is 11.9. The van der Waals surface area contributed by atoms with E-state index in [0.29, 0.717) is 30.8 Å². The molecule has 0 saturated carbocycles. The third-order valence-electron chi connectivity index (χ3n) is 11.1. The molecule has 2 atom stereocenters. The summed E-state index contributed by atoms with van der Waals surface area (Å²) in [7, 11) is -4.40. The van der Waals surface area contributed by atoms with Crippen molar-refractivity contribution in [2.24, 2.45) is 5.73 Å². The number of ether oxygens (including phenoxy) is 1. The standard InChI is InChI=1S/C42H58N6O17S/c43-33(39(58)48-19-17-42(18-20-48,41(61)44-62)66(63,64)32-14-12-31(13-15-32)65-30-8-4-2-5-9-30)10-6-1-3-7-29(49)11-16-34(40(59)60)47(23-21-45(25-35(50)51)26-36(52)53)24-22-46(27-37(54)55)28-38(56)57/h2,4-5,8-9,12-15,33-34,62H,1,3,6-7,10-11,16-28,43H2,(H,44,61)(H,50,51)(H,52,53)(H,54,55)(H,56,57)(H,59,60)/t33-,34-/m0/s1. The molecular weight excluding hydrogens is 893 g/mol. The first-order valence-corrected chi connectivity index (χ1v) is 22.5. The Morgan fingerprint density at radius 2 is 1.18 bits per heavy atom. The molecule has 1 heterocycles. The number of para-hydroxylation sites is 1. The molecule has 1 saturated heterocycles. The molecule has 1 aliphatic rings. The van der Waals surface area contributed by atoms with Gasteiger partial charge in [-0.25, -0.2) is 13.9 Å². The van der Waals surface area contributed by atoms with Crippen LogP contribution < -0.4 is 16.0 Å². The number of hydrogen-bond acceptors (Lipinski definition) is 16. The predicted molar refractivity (Wildman–Crippen MR) is 230 cm³/mol. The van der Waals surface area contributed by atoms with Crippen molar-refractivity contribution in [3.8, 4) is 11.5 Å². The molecule has 0 bridgehead atoms. The van der Waals surface area contributed by atoms with Crippen molar-refractivity contribution in [3.63, 3.8) is 0 Å². The zero-order valence-corrected chi connectivity index (χ0v) is 37.1. The fraction of sp³-hybridized carbons (Fsp3) is 0.524. The van der Waals surface area contributed by atoms with Crippen molar-refractivity contribution in [1.82, 2.24) is 25.1 Å². The number of unbranched alkanes of at least 4 members (excludes halogenated alkanes) is 2. The van der Waals surface area contributed by atoms with Crippen molar-refractivity contribution in [3.05, 3.63) is 54.6 Å². The molecule has 364 valence electrons. The molecule has 0 aliphatic carbocycles. The van der Waals surface area contributed by atoms with Crippen LogP contribution in [0.25, 0.3) is 0 Å². The number of Topliss-reactive ketones (excluding diaryl/α,β-unsaturated/α-hetero) is 1. The topological polar surface area (TPSA) is 352 Å². The van der Waals surface area contributed by atoms with Crippen LogP contribution in [0.2, 0.25) is 0 Å². The van der Waals surface area contributed by atoms with E-state index in [1.165, 1.54) is 39.5 Å². The minimum Gasteiger partial charge on any atom is -0.480 e. The van der Waals surface area contributed by atoms with Gasteiger partial charge in [-0.2, -0.15) is 0 Å². The molecule has 0 aromatic heterocycles. The molecule has 0 radical (unpaired) electrons. The Balaban J connectivity index is 1.53. The van der Waals surface area contributed by atoms with Crippen LogP contribution in [0.1, 0.15) is 57.8 Å². The van der Waals surface area contributed by atoms with E-state index in [9.17, 15) is 77.5 Å². The van der Waals surface area contributed by atoms with E-state index >= 15 is 0 Å². The molecule has 24 heteroatoms. The Kier molecular flexibility index (Phi) is 21.5. The number of likely N-dealkylation sites (tertiary alicyclic amines) is 1. The molecule has 9 N–H and O–H groups in total. The van der Waals surface area contributed by atoms with E-state index in [2.05, 4.69) is 0 Å². The van der Waals surface area contributed by atoms with E-state index in [0.717, 1.165) is 9.80 Å². The molecule has 1 aliphatic heterocycles. The van der Waals surface area contributed by atoms with Crippen molar-refractivity contribution >= 4 is 57.3 Å². The molecule has 3 rings (SSSR count). The number of hydrogen-bond donors (Lipinski definition) is 8. The highest BCUT2D eigenvalue weighted by atomic mass is 32.2. The first kappa shape index (κ1) is 54.3. The number of nitrogens with zero attached hydrogens (tertiary/aromatic N) is 4. The van der Waals surface area contributed by atoms with Gasteiger partial charge >= 0.3 is 29.8 Å². The van der Waals surface area contributed by atoms with Crippen LogP contribution in [0.3, 0.4) is 0 Å². The average Bonchev–Trinajstić information content (AvgIpc) is 3.25. The van der Waals surface area contributed by atoms with E-state index in [1.54, 1.807) is 24.3 Å². The van der Waals surface area contributed by atoms with Crippen LogP contribution in [0, 0.1) is 0 Å². The van der Waals surface area contributed by atoms with Gasteiger partial charge < -0.3 is 40.9 Å². The second kappa shape index (κ2) is 26.2. The Hall–Kier alpha value is -6.05. The lowest BCUT2D eigenvalue weighted by Gasteiger charge is -2.40. The Bertz CT molecular complexity index is 2030. The molecule has 2 aromatic rings. The molecule has 0 unspecified atom stereocenters. The zero-order valence-electron chi connectivity index (χ0n) is 36.2. The number of hydroxylamine groups is 1. The number of ketones is 1. The van der Waals surface area contributed by atoms with Crippen LogP contribution in [0.5, 0.6) is 11.5 Å². The Labute approximate surface area is 380 Å². The number of nitrogens with two attached hydrogens (primary N) is 1. The molecular formula is C42H58N6O17S. The summed E-state index contributed by atoms with van der Waals surface area (Å²) in [4.78, 5) is 102. The number of aliphatic carboxylic acids is 5. The van der Waals surface area contributed by atoms with Crippen LogP contribution in [0.4, 0.5) is 0 Å². The highest BCUT2D eigenvalue weighted by molar-refractivity contribution is 7.93. The highest BCUT2D eigenvalue weighted by Gasteiger charge is 2.53. The van der Waals surface area contributed by atoms with Gasteiger partial charge in [0.15, 0.2) is 14.6 Å².